The van der Waals surface area contributed by atoms with E-state index >= 15 is 0 Å². The van der Waals surface area contributed by atoms with E-state index in [9.17, 15) is 5.11 Å². The van der Waals surface area contributed by atoms with Gasteiger partial charge in [0.2, 0.25) is 0 Å². The SMILES string of the molecule is OCC1CCCCN1c1ccc(C2CCC2)nn1. The molecule has 1 N–H and O–H groups in total. The van der Waals surface area contributed by atoms with Gasteiger partial charge in [-0.25, -0.2) is 0 Å². The van der Waals surface area contributed by atoms with Gasteiger partial charge in [-0.3, -0.25) is 0 Å². The summed E-state index contributed by atoms with van der Waals surface area (Å²) >= 11 is 0. The van der Waals surface area contributed by atoms with E-state index in [0.717, 1.165) is 24.5 Å². The first-order valence-electron chi connectivity index (χ1n) is 7.09. The lowest BCUT2D eigenvalue weighted by atomic mass is 9.83. The second-order valence-electron chi connectivity index (χ2n) is 5.47. The molecule has 0 radical (unpaired) electrons. The number of hydrogen-bond donors (Lipinski definition) is 1. The van der Waals surface area contributed by atoms with Gasteiger partial charge in [0.1, 0.15) is 0 Å². The Morgan fingerprint density at radius 2 is 2.00 bits per heavy atom. The van der Waals surface area contributed by atoms with Crippen LogP contribution in [0.4, 0.5) is 5.82 Å². The van der Waals surface area contributed by atoms with Crippen molar-refractivity contribution in [2.75, 3.05) is 18.1 Å². The smallest absolute Gasteiger partial charge is 0.151 e. The summed E-state index contributed by atoms with van der Waals surface area (Å²) in [6.07, 6.45) is 7.29. The second-order valence-corrected chi connectivity index (χ2v) is 5.47. The molecule has 1 aromatic heterocycles. The average molecular weight is 247 g/mol. The van der Waals surface area contributed by atoms with Gasteiger partial charge in [-0.05, 0) is 44.2 Å². The third-order valence-corrected chi connectivity index (χ3v) is 4.33. The highest BCUT2D eigenvalue weighted by Gasteiger charge is 2.25. The van der Waals surface area contributed by atoms with Crippen molar-refractivity contribution in [3.63, 3.8) is 0 Å². The molecule has 18 heavy (non-hydrogen) atoms. The fourth-order valence-electron chi connectivity index (χ4n) is 2.90. The van der Waals surface area contributed by atoms with Crippen LogP contribution in [0.3, 0.4) is 0 Å². The standard InChI is InChI=1S/C14H21N3O/c18-10-12-6-1-2-9-17(12)14-8-7-13(15-16-14)11-4-3-5-11/h7-8,11-12,18H,1-6,9-10H2. The average Bonchev–Trinajstić information content (AvgIpc) is 2.38. The zero-order chi connectivity index (χ0) is 12.4. The molecule has 0 bridgehead atoms. The van der Waals surface area contributed by atoms with E-state index in [1.807, 2.05) is 0 Å². The second kappa shape index (κ2) is 5.22. The summed E-state index contributed by atoms with van der Waals surface area (Å²) in [6.45, 7) is 1.20. The van der Waals surface area contributed by atoms with Crippen LogP contribution < -0.4 is 4.90 Å². The lowest BCUT2D eigenvalue weighted by Gasteiger charge is -2.35. The summed E-state index contributed by atoms with van der Waals surface area (Å²) in [7, 11) is 0. The van der Waals surface area contributed by atoms with Crippen molar-refractivity contribution in [1.82, 2.24) is 10.2 Å². The lowest BCUT2D eigenvalue weighted by molar-refractivity contribution is 0.239. The van der Waals surface area contributed by atoms with Gasteiger partial charge in [0.05, 0.1) is 18.3 Å². The maximum Gasteiger partial charge on any atom is 0.151 e. The Morgan fingerprint density at radius 3 is 2.61 bits per heavy atom. The van der Waals surface area contributed by atoms with Crippen LogP contribution in [0.25, 0.3) is 0 Å². The van der Waals surface area contributed by atoms with Gasteiger partial charge in [0.25, 0.3) is 0 Å². The molecule has 2 fully saturated rings. The maximum atomic E-state index is 9.42. The molecule has 98 valence electrons. The lowest BCUT2D eigenvalue weighted by Crippen LogP contribution is -2.42. The van der Waals surface area contributed by atoms with Gasteiger partial charge < -0.3 is 10.0 Å². The van der Waals surface area contributed by atoms with Crippen molar-refractivity contribution in [2.24, 2.45) is 0 Å². The Kier molecular flexibility index (Phi) is 3.46. The molecule has 0 spiro atoms. The van der Waals surface area contributed by atoms with E-state index in [4.69, 9.17) is 0 Å². The topological polar surface area (TPSA) is 49.2 Å². The van der Waals surface area contributed by atoms with E-state index < -0.39 is 0 Å². The minimum Gasteiger partial charge on any atom is -0.394 e. The van der Waals surface area contributed by atoms with Crippen LogP contribution in [0.15, 0.2) is 12.1 Å². The predicted octanol–water partition coefficient (Wildman–Crippen LogP) is 2.10. The Hall–Kier alpha value is -1.16. The van der Waals surface area contributed by atoms with Gasteiger partial charge in [0, 0.05) is 12.5 Å². The fraction of sp³-hybridized carbons (Fsp3) is 0.714. The Bertz CT molecular complexity index is 389. The number of aromatic nitrogens is 2. The minimum absolute atomic E-state index is 0.214. The number of rotatable bonds is 3. The molecule has 2 aliphatic rings. The highest BCUT2D eigenvalue weighted by atomic mass is 16.3. The van der Waals surface area contributed by atoms with E-state index in [2.05, 4.69) is 27.2 Å². The Labute approximate surface area is 108 Å². The molecule has 0 amide bonds. The van der Waals surface area contributed by atoms with Crippen LogP contribution in [0.5, 0.6) is 0 Å². The molecule has 1 saturated heterocycles. The molecule has 0 aromatic carbocycles. The number of nitrogens with zero attached hydrogens (tertiary/aromatic N) is 3. The van der Waals surface area contributed by atoms with E-state index in [0.29, 0.717) is 5.92 Å². The van der Waals surface area contributed by atoms with Crippen LogP contribution in [0.2, 0.25) is 0 Å². The largest absolute Gasteiger partial charge is 0.394 e. The molecule has 2 heterocycles. The van der Waals surface area contributed by atoms with E-state index in [-0.39, 0.29) is 12.6 Å². The van der Waals surface area contributed by atoms with Crippen molar-refractivity contribution in [1.29, 1.82) is 0 Å². The molecule has 1 aromatic rings. The quantitative estimate of drug-likeness (QED) is 0.888. The van der Waals surface area contributed by atoms with Gasteiger partial charge in [-0.1, -0.05) is 6.42 Å². The Balaban J connectivity index is 1.74. The van der Waals surface area contributed by atoms with Gasteiger partial charge in [-0.2, -0.15) is 5.10 Å². The van der Waals surface area contributed by atoms with Crippen molar-refractivity contribution in [3.8, 4) is 0 Å². The summed E-state index contributed by atoms with van der Waals surface area (Å²) in [5.74, 6) is 1.57. The van der Waals surface area contributed by atoms with Crippen molar-refractivity contribution in [2.45, 2.75) is 50.5 Å². The molecule has 4 nitrogen and oxygen atoms in total. The van der Waals surface area contributed by atoms with Crippen LogP contribution in [-0.4, -0.2) is 34.5 Å². The minimum atomic E-state index is 0.214. The first-order valence-corrected chi connectivity index (χ1v) is 7.09. The molecule has 1 aliphatic carbocycles. The molecule has 1 atom stereocenters. The maximum absolute atomic E-state index is 9.42. The van der Waals surface area contributed by atoms with E-state index in [1.54, 1.807) is 0 Å². The first-order chi connectivity index (χ1) is 8.88. The van der Waals surface area contributed by atoms with E-state index in [1.165, 1.54) is 32.1 Å². The molecule has 1 saturated carbocycles. The summed E-state index contributed by atoms with van der Waals surface area (Å²) in [5, 5.41) is 18.2. The molecule has 4 heteroatoms. The summed E-state index contributed by atoms with van der Waals surface area (Å²) < 4.78 is 0. The Morgan fingerprint density at radius 1 is 1.11 bits per heavy atom. The summed E-state index contributed by atoms with van der Waals surface area (Å²) in [6, 6.07) is 4.42. The third-order valence-electron chi connectivity index (χ3n) is 4.33. The molecule has 1 unspecified atom stereocenters. The molecular formula is C14H21N3O. The molecule has 3 rings (SSSR count). The third kappa shape index (κ3) is 2.21. The zero-order valence-corrected chi connectivity index (χ0v) is 10.8. The predicted molar refractivity (Wildman–Crippen MR) is 70.7 cm³/mol. The van der Waals surface area contributed by atoms with Crippen LogP contribution in [0.1, 0.15) is 50.1 Å². The van der Waals surface area contributed by atoms with Crippen LogP contribution >= 0.6 is 0 Å². The number of piperidine rings is 1. The molecule has 1 aliphatic heterocycles. The summed E-state index contributed by atoms with van der Waals surface area (Å²) in [4.78, 5) is 2.21. The summed E-state index contributed by atoms with van der Waals surface area (Å²) in [5.41, 5.74) is 1.14. The van der Waals surface area contributed by atoms with Gasteiger partial charge in [0.15, 0.2) is 5.82 Å². The van der Waals surface area contributed by atoms with Crippen LogP contribution in [-0.2, 0) is 0 Å². The molecular weight excluding hydrogens is 226 g/mol. The van der Waals surface area contributed by atoms with Crippen molar-refractivity contribution in [3.05, 3.63) is 17.8 Å². The van der Waals surface area contributed by atoms with Gasteiger partial charge in [-0.15, -0.1) is 5.10 Å². The fourth-order valence-corrected chi connectivity index (χ4v) is 2.90. The normalized spacial score (nSPS) is 24.9. The number of hydrogen-bond acceptors (Lipinski definition) is 4. The van der Waals surface area contributed by atoms with Crippen molar-refractivity contribution < 1.29 is 5.11 Å². The number of anilines is 1. The highest BCUT2D eigenvalue weighted by molar-refractivity contribution is 5.39. The highest BCUT2D eigenvalue weighted by Crippen LogP contribution is 2.35. The number of aliphatic hydroxyl groups excluding tert-OH is 1. The number of aliphatic hydroxyl groups is 1. The monoisotopic (exact) mass is 247 g/mol. The first kappa shape index (κ1) is 11.9. The van der Waals surface area contributed by atoms with Crippen LogP contribution in [0, 0.1) is 0 Å². The zero-order valence-electron chi connectivity index (χ0n) is 10.8. The van der Waals surface area contributed by atoms with Crippen molar-refractivity contribution >= 4 is 5.82 Å². The van der Waals surface area contributed by atoms with Gasteiger partial charge >= 0.3 is 0 Å².